The van der Waals surface area contributed by atoms with Crippen LogP contribution in [0.25, 0.3) is 11.3 Å². The maximum Gasteiger partial charge on any atom is 0.409 e. The number of amides is 1. The van der Waals surface area contributed by atoms with Gasteiger partial charge in [0, 0.05) is 31.6 Å². The van der Waals surface area contributed by atoms with Gasteiger partial charge in [0.15, 0.2) is 6.10 Å². The predicted octanol–water partition coefficient (Wildman–Crippen LogP) is 2.88. The summed E-state index contributed by atoms with van der Waals surface area (Å²) in [7, 11) is 1.70. The number of hydrogen-bond donors (Lipinski definition) is 0. The van der Waals surface area contributed by atoms with Crippen molar-refractivity contribution < 1.29 is 23.2 Å². The number of aromatic nitrogens is 1. The first-order chi connectivity index (χ1) is 11.6. The van der Waals surface area contributed by atoms with Gasteiger partial charge in [-0.05, 0) is 30.7 Å². The molecule has 1 amide bonds. The molecular formula is C17H19FN2O4. The third-order valence-electron chi connectivity index (χ3n) is 3.80. The molecule has 3 rings (SSSR count). The highest BCUT2D eigenvalue weighted by atomic mass is 19.1. The van der Waals surface area contributed by atoms with Gasteiger partial charge < -0.3 is 18.9 Å². The van der Waals surface area contributed by atoms with E-state index in [0.29, 0.717) is 31.9 Å². The number of ether oxygens (including phenoxy) is 2. The largest absolute Gasteiger partial charge is 0.441 e. The number of rotatable bonds is 6. The number of aryl methyl sites for hydroxylation is 1. The maximum absolute atomic E-state index is 12.9. The second kappa shape index (κ2) is 7.44. The van der Waals surface area contributed by atoms with Crippen molar-refractivity contribution in [2.75, 3.05) is 26.8 Å². The molecule has 1 saturated heterocycles. The van der Waals surface area contributed by atoms with Gasteiger partial charge in [-0.3, -0.25) is 0 Å². The van der Waals surface area contributed by atoms with Gasteiger partial charge in [0.25, 0.3) is 0 Å². The molecule has 128 valence electrons. The highest BCUT2D eigenvalue weighted by Gasteiger charge is 2.24. The summed E-state index contributed by atoms with van der Waals surface area (Å²) in [6, 6.07) is 7.92. The zero-order chi connectivity index (χ0) is 16.9. The van der Waals surface area contributed by atoms with Crippen LogP contribution in [0.2, 0.25) is 0 Å². The number of carbonyl (C=O) groups excluding carboxylic acids is 1. The van der Waals surface area contributed by atoms with E-state index in [2.05, 4.69) is 5.16 Å². The van der Waals surface area contributed by atoms with E-state index in [1.165, 1.54) is 17.0 Å². The fourth-order valence-electron chi connectivity index (χ4n) is 2.28. The zero-order valence-electron chi connectivity index (χ0n) is 13.4. The monoisotopic (exact) mass is 334 g/mol. The number of nitrogens with zero attached hydrogens (tertiary/aromatic N) is 2. The summed E-state index contributed by atoms with van der Waals surface area (Å²) in [6.07, 6.45) is 0.920. The Balaban J connectivity index is 1.45. The summed E-state index contributed by atoms with van der Waals surface area (Å²) in [4.78, 5) is 13.3. The number of carbonyl (C=O) groups is 1. The van der Waals surface area contributed by atoms with Gasteiger partial charge in [-0.2, -0.15) is 0 Å². The van der Waals surface area contributed by atoms with Crippen molar-refractivity contribution in [2.45, 2.75) is 18.9 Å². The van der Waals surface area contributed by atoms with Crippen LogP contribution in [-0.2, 0) is 15.9 Å². The first kappa shape index (κ1) is 16.4. The van der Waals surface area contributed by atoms with Crippen LogP contribution in [0.3, 0.4) is 0 Å². The molecule has 0 radical (unpaired) electrons. The molecule has 0 N–H and O–H groups in total. The van der Waals surface area contributed by atoms with Gasteiger partial charge in [-0.1, -0.05) is 5.16 Å². The molecule has 0 unspecified atom stereocenters. The third kappa shape index (κ3) is 4.11. The molecule has 1 fully saturated rings. The Bertz CT molecular complexity index is 682. The van der Waals surface area contributed by atoms with Crippen LogP contribution in [0.5, 0.6) is 0 Å². The van der Waals surface area contributed by atoms with Crippen molar-refractivity contribution >= 4 is 6.09 Å². The molecule has 0 spiro atoms. The maximum atomic E-state index is 12.9. The molecule has 1 aliphatic heterocycles. The minimum absolute atomic E-state index is 0.118. The van der Waals surface area contributed by atoms with Gasteiger partial charge in [-0.25, -0.2) is 9.18 Å². The van der Waals surface area contributed by atoms with Crippen molar-refractivity contribution in [1.82, 2.24) is 10.1 Å². The summed E-state index contributed by atoms with van der Waals surface area (Å²) in [5.74, 6) is 0.439. The van der Waals surface area contributed by atoms with Gasteiger partial charge in [0.1, 0.15) is 17.3 Å². The second-order valence-electron chi connectivity index (χ2n) is 5.75. The first-order valence-electron chi connectivity index (χ1n) is 7.83. The molecule has 0 saturated carbocycles. The second-order valence-corrected chi connectivity index (χ2v) is 5.75. The van der Waals surface area contributed by atoms with E-state index in [1.807, 2.05) is 6.07 Å². The Morgan fingerprint density at radius 2 is 2.12 bits per heavy atom. The SMILES string of the molecule is CN(CCCc1cc(-c2ccc(F)cc2)no1)C(=O)OC1COC1. The molecule has 24 heavy (non-hydrogen) atoms. The predicted molar refractivity (Wildman–Crippen MR) is 83.9 cm³/mol. The molecule has 1 aliphatic rings. The van der Waals surface area contributed by atoms with Gasteiger partial charge in [0.2, 0.25) is 0 Å². The highest BCUT2D eigenvalue weighted by Crippen LogP contribution is 2.20. The molecule has 0 bridgehead atoms. The lowest BCUT2D eigenvalue weighted by molar-refractivity contribution is -0.103. The van der Waals surface area contributed by atoms with E-state index in [-0.39, 0.29) is 18.0 Å². The highest BCUT2D eigenvalue weighted by molar-refractivity contribution is 5.67. The molecule has 2 aromatic rings. The normalized spacial score (nSPS) is 14.2. The summed E-state index contributed by atoms with van der Waals surface area (Å²) in [5, 5.41) is 3.99. The zero-order valence-corrected chi connectivity index (χ0v) is 13.4. The lowest BCUT2D eigenvalue weighted by atomic mass is 10.1. The average Bonchev–Trinajstić information content (AvgIpc) is 3.00. The van der Waals surface area contributed by atoms with Gasteiger partial charge >= 0.3 is 6.09 Å². The van der Waals surface area contributed by atoms with Crippen molar-refractivity contribution in [2.24, 2.45) is 0 Å². The van der Waals surface area contributed by atoms with Gasteiger partial charge in [-0.15, -0.1) is 0 Å². The minimum atomic E-state index is -0.340. The van der Waals surface area contributed by atoms with Crippen LogP contribution >= 0.6 is 0 Å². The van der Waals surface area contributed by atoms with Crippen LogP contribution in [0, 0.1) is 5.82 Å². The summed E-state index contributed by atoms with van der Waals surface area (Å²) in [6.45, 7) is 1.51. The Hall–Kier alpha value is -2.41. The van der Waals surface area contributed by atoms with Crippen LogP contribution < -0.4 is 0 Å². The third-order valence-corrected chi connectivity index (χ3v) is 3.80. The number of hydrogen-bond acceptors (Lipinski definition) is 5. The number of halogens is 1. The van der Waals surface area contributed by atoms with Gasteiger partial charge in [0.05, 0.1) is 13.2 Å². The average molecular weight is 334 g/mol. The van der Waals surface area contributed by atoms with E-state index in [0.717, 1.165) is 17.7 Å². The topological polar surface area (TPSA) is 64.8 Å². The van der Waals surface area contributed by atoms with Crippen LogP contribution in [0.1, 0.15) is 12.2 Å². The molecule has 7 heteroatoms. The van der Waals surface area contributed by atoms with E-state index in [1.54, 1.807) is 19.2 Å². The van der Waals surface area contributed by atoms with Crippen molar-refractivity contribution in [1.29, 1.82) is 0 Å². The summed E-state index contributed by atoms with van der Waals surface area (Å²) >= 11 is 0. The Kier molecular flexibility index (Phi) is 5.10. The summed E-state index contributed by atoms with van der Waals surface area (Å²) in [5.41, 5.74) is 1.47. The Labute approximate surface area is 139 Å². The number of benzene rings is 1. The first-order valence-corrected chi connectivity index (χ1v) is 7.83. The Morgan fingerprint density at radius 3 is 2.79 bits per heavy atom. The fraction of sp³-hybridized carbons (Fsp3) is 0.412. The van der Waals surface area contributed by atoms with E-state index in [9.17, 15) is 9.18 Å². The quantitative estimate of drug-likeness (QED) is 0.813. The fourth-order valence-corrected chi connectivity index (χ4v) is 2.28. The smallest absolute Gasteiger partial charge is 0.409 e. The molecule has 1 aromatic heterocycles. The van der Waals surface area contributed by atoms with Crippen LogP contribution in [-0.4, -0.2) is 49.1 Å². The lowest BCUT2D eigenvalue weighted by Gasteiger charge is -2.28. The van der Waals surface area contributed by atoms with Crippen LogP contribution in [0.4, 0.5) is 9.18 Å². The van der Waals surface area contributed by atoms with E-state index >= 15 is 0 Å². The molecule has 2 heterocycles. The van der Waals surface area contributed by atoms with Crippen molar-refractivity contribution in [3.63, 3.8) is 0 Å². The van der Waals surface area contributed by atoms with Crippen molar-refractivity contribution in [3.8, 4) is 11.3 Å². The van der Waals surface area contributed by atoms with Crippen LogP contribution in [0.15, 0.2) is 34.9 Å². The standard InChI is InChI=1S/C17H19FN2O4/c1-20(17(21)23-15-10-22-11-15)8-2-3-14-9-16(19-24-14)12-4-6-13(18)7-5-12/h4-7,9,15H,2-3,8,10-11H2,1H3. The lowest BCUT2D eigenvalue weighted by Crippen LogP contribution is -2.41. The van der Waals surface area contributed by atoms with E-state index in [4.69, 9.17) is 14.0 Å². The van der Waals surface area contributed by atoms with Crippen molar-refractivity contribution in [3.05, 3.63) is 41.9 Å². The Morgan fingerprint density at radius 1 is 1.38 bits per heavy atom. The van der Waals surface area contributed by atoms with E-state index < -0.39 is 0 Å². The summed E-state index contributed by atoms with van der Waals surface area (Å²) < 4.78 is 28.4. The molecular weight excluding hydrogens is 315 g/mol. The molecule has 6 nitrogen and oxygen atoms in total. The molecule has 0 aliphatic carbocycles. The molecule has 1 aromatic carbocycles. The minimum Gasteiger partial charge on any atom is -0.441 e. The molecule has 0 atom stereocenters.